The van der Waals surface area contributed by atoms with Crippen molar-refractivity contribution in [1.82, 2.24) is 4.90 Å². The van der Waals surface area contributed by atoms with Gasteiger partial charge in [-0.25, -0.2) is 9.18 Å². The first-order chi connectivity index (χ1) is 8.52. The lowest BCUT2D eigenvalue weighted by molar-refractivity contribution is -0.129. The van der Waals surface area contributed by atoms with Gasteiger partial charge in [0, 0.05) is 19.6 Å². The molecule has 2 atom stereocenters. The summed E-state index contributed by atoms with van der Waals surface area (Å²) in [5, 5.41) is 15.8. The van der Waals surface area contributed by atoms with E-state index in [4.69, 9.17) is 10.5 Å². The summed E-state index contributed by atoms with van der Waals surface area (Å²) in [4.78, 5) is 12.6. The molecule has 1 rings (SSSR count). The van der Waals surface area contributed by atoms with Crippen molar-refractivity contribution in [3.8, 4) is 0 Å². The highest BCUT2D eigenvalue weighted by Gasteiger charge is 2.23. The second kappa shape index (κ2) is 7.46. The molecule has 0 radical (unpaired) electrons. The first kappa shape index (κ1) is 15.1. The van der Waals surface area contributed by atoms with E-state index in [0.29, 0.717) is 25.3 Å². The summed E-state index contributed by atoms with van der Waals surface area (Å²) in [6.45, 7) is 4.39. The van der Waals surface area contributed by atoms with Gasteiger partial charge in [0.2, 0.25) is 0 Å². The van der Waals surface area contributed by atoms with Gasteiger partial charge >= 0.3 is 5.97 Å². The quantitative estimate of drug-likeness (QED) is 0.657. The molecule has 0 spiro atoms. The molecule has 1 fully saturated rings. The number of carbonyl (C=O) groups is 1. The van der Waals surface area contributed by atoms with Crippen LogP contribution in [0.2, 0.25) is 0 Å². The minimum atomic E-state index is -1.12. The molecule has 4 nitrogen and oxygen atoms in total. The number of nitrogens with one attached hydrogen (secondary N) is 1. The predicted molar refractivity (Wildman–Crippen MR) is 68.9 cm³/mol. The van der Waals surface area contributed by atoms with E-state index in [9.17, 15) is 9.18 Å². The topological polar surface area (TPSA) is 64.4 Å². The van der Waals surface area contributed by atoms with Crippen molar-refractivity contribution < 1.29 is 14.3 Å². The number of hydrogen-bond acceptors (Lipinski definition) is 3. The molecule has 18 heavy (non-hydrogen) atoms. The highest BCUT2D eigenvalue weighted by molar-refractivity contribution is 6.34. The van der Waals surface area contributed by atoms with Crippen LogP contribution < -0.4 is 0 Å². The fourth-order valence-electron chi connectivity index (χ4n) is 2.42. The summed E-state index contributed by atoms with van der Waals surface area (Å²) in [5.41, 5.74) is -0.213. The molecule has 0 saturated carbocycles. The fourth-order valence-corrected chi connectivity index (χ4v) is 2.42. The molecule has 0 aliphatic carbocycles. The van der Waals surface area contributed by atoms with Crippen LogP contribution in [0.4, 0.5) is 4.39 Å². The maximum absolute atomic E-state index is 13.0. The maximum atomic E-state index is 13.0. The third-order valence-corrected chi connectivity index (χ3v) is 3.61. The Kier molecular flexibility index (Phi) is 6.25. The van der Waals surface area contributed by atoms with Gasteiger partial charge in [-0.15, -0.1) is 0 Å². The summed E-state index contributed by atoms with van der Waals surface area (Å²) < 4.78 is 13.0. The van der Waals surface area contributed by atoms with E-state index >= 15 is 0 Å². The van der Waals surface area contributed by atoms with Crippen LogP contribution in [0.25, 0.3) is 0 Å². The van der Waals surface area contributed by atoms with E-state index in [0.717, 1.165) is 32.4 Å². The number of carboxylic acid groups (broad SMARTS) is 1. The minimum absolute atomic E-state index is 0.213. The normalized spacial score (nSPS) is 22.0. The molecule has 1 heterocycles. The van der Waals surface area contributed by atoms with Gasteiger partial charge in [-0.1, -0.05) is 13.3 Å². The van der Waals surface area contributed by atoms with Gasteiger partial charge in [0.05, 0.1) is 0 Å². The lowest BCUT2D eigenvalue weighted by atomic mass is 9.97. The first-order valence-corrected chi connectivity index (χ1v) is 6.70. The second-order valence-electron chi connectivity index (χ2n) is 5.10. The molecule has 0 aromatic heterocycles. The summed E-state index contributed by atoms with van der Waals surface area (Å²) in [7, 11) is 0. The Labute approximate surface area is 108 Å². The number of likely N-dealkylation sites (tertiary alicyclic amines) is 1. The zero-order chi connectivity index (χ0) is 13.5. The highest BCUT2D eigenvalue weighted by Crippen LogP contribution is 2.19. The van der Waals surface area contributed by atoms with Gasteiger partial charge in [-0.2, -0.15) is 0 Å². The van der Waals surface area contributed by atoms with E-state index in [-0.39, 0.29) is 5.71 Å². The van der Waals surface area contributed by atoms with Crippen molar-refractivity contribution in [2.45, 2.75) is 45.2 Å². The third-order valence-electron chi connectivity index (χ3n) is 3.61. The predicted octanol–water partition coefficient (Wildman–Crippen LogP) is 2.33. The molecule has 1 aliphatic heterocycles. The van der Waals surface area contributed by atoms with Crippen LogP contribution in [0.1, 0.15) is 39.0 Å². The third kappa shape index (κ3) is 5.12. The Morgan fingerprint density at radius 3 is 2.83 bits per heavy atom. The Morgan fingerprint density at radius 1 is 1.61 bits per heavy atom. The number of hydrogen-bond donors (Lipinski definition) is 2. The minimum Gasteiger partial charge on any atom is -0.477 e. The Balaban J connectivity index is 2.21. The lowest BCUT2D eigenvalue weighted by Crippen LogP contribution is -2.27. The number of nitrogens with zero attached hydrogens (tertiary/aromatic N) is 1. The largest absolute Gasteiger partial charge is 0.477 e. The highest BCUT2D eigenvalue weighted by atomic mass is 19.1. The SMILES string of the molecule is CCC(CCCC(=N)C(=O)O)CN1CCC(F)C1. The van der Waals surface area contributed by atoms with Gasteiger partial charge < -0.3 is 10.0 Å². The smallest absolute Gasteiger partial charge is 0.349 e. The van der Waals surface area contributed by atoms with Gasteiger partial charge in [-0.05, 0) is 31.6 Å². The van der Waals surface area contributed by atoms with Gasteiger partial charge in [0.1, 0.15) is 11.9 Å². The van der Waals surface area contributed by atoms with Crippen molar-refractivity contribution in [2.24, 2.45) is 5.92 Å². The van der Waals surface area contributed by atoms with Gasteiger partial charge in [0.25, 0.3) is 0 Å². The summed E-state index contributed by atoms with van der Waals surface area (Å²) in [5.74, 6) is -0.639. The van der Waals surface area contributed by atoms with Crippen LogP contribution in [0.3, 0.4) is 0 Å². The van der Waals surface area contributed by atoms with E-state index in [2.05, 4.69) is 11.8 Å². The fraction of sp³-hybridized carbons (Fsp3) is 0.846. The summed E-state index contributed by atoms with van der Waals surface area (Å²) in [6, 6.07) is 0. The molecule has 1 aliphatic rings. The summed E-state index contributed by atoms with van der Waals surface area (Å²) in [6.07, 6.45) is 2.96. The van der Waals surface area contributed by atoms with Crippen LogP contribution in [-0.4, -0.2) is 47.5 Å². The number of rotatable bonds is 8. The van der Waals surface area contributed by atoms with Crippen LogP contribution in [0, 0.1) is 11.3 Å². The van der Waals surface area contributed by atoms with Crippen LogP contribution in [0.15, 0.2) is 0 Å². The molecular weight excluding hydrogens is 235 g/mol. The summed E-state index contributed by atoms with van der Waals surface area (Å²) >= 11 is 0. The molecule has 0 amide bonds. The van der Waals surface area contributed by atoms with Crippen LogP contribution >= 0.6 is 0 Å². The molecule has 104 valence electrons. The molecular formula is C13H23FN2O2. The second-order valence-corrected chi connectivity index (χ2v) is 5.10. The van der Waals surface area contributed by atoms with Crippen molar-refractivity contribution in [2.75, 3.05) is 19.6 Å². The Bertz CT molecular complexity index is 297. The molecule has 1 saturated heterocycles. The van der Waals surface area contributed by atoms with E-state index in [1.807, 2.05) is 0 Å². The van der Waals surface area contributed by atoms with Crippen LogP contribution in [0.5, 0.6) is 0 Å². The standard InChI is InChI=1S/C13H23FN2O2/c1-2-10(4-3-5-12(15)13(17)18)8-16-7-6-11(14)9-16/h10-11,15H,2-9H2,1H3,(H,17,18). The average Bonchev–Trinajstić information content (AvgIpc) is 2.73. The van der Waals surface area contributed by atoms with E-state index in [1.54, 1.807) is 0 Å². The van der Waals surface area contributed by atoms with E-state index < -0.39 is 12.1 Å². The average molecular weight is 258 g/mol. The molecule has 2 unspecified atom stereocenters. The molecule has 0 aromatic carbocycles. The zero-order valence-electron chi connectivity index (χ0n) is 11.0. The Hall–Kier alpha value is -0.970. The molecule has 2 N–H and O–H groups in total. The number of alkyl halides is 1. The maximum Gasteiger partial charge on any atom is 0.349 e. The lowest BCUT2D eigenvalue weighted by Gasteiger charge is -2.22. The number of aliphatic carboxylic acids is 1. The molecule has 0 bridgehead atoms. The van der Waals surface area contributed by atoms with Crippen LogP contribution in [-0.2, 0) is 4.79 Å². The van der Waals surface area contributed by atoms with Crippen molar-refractivity contribution in [1.29, 1.82) is 5.41 Å². The molecule has 5 heteroatoms. The van der Waals surface area contributed by atoms with Gasteiger partial charge in [-0.3, -0.25) is 5.41 Å². The Morgan fingerprint density at radius 2 is 2.33 bits per heavy atom. The number of carboxylic acids is 1. The van der Waals surface area contributed by atoms with Gasteiger partial charge in [0.15, 0.2) is 0 Å². The monoisotopic (exact) mass is 258 g/mol. The van der Waals surface area contributed by atoms with Crippen molar-refractivity contribution >= 4 is 11.7 Å². The molecule has 0 aromatic rings. The van der Waals surface area contributed by atoms with E-state index in [1.165, 1.54) is 0 Å². The zero-order valence-corrected chi connectivity index (χ0v) is 11.0. The van der Waals surface area contributed by atoms with Crippen molar-refractivity contribution in [3.05, 3.63) is 0 Å². The number of halogens is 1. The first-order valence-electron chi connectivity index (χ1n) is 6.70. The van der Waals surface area contributed by atoms with Crippen molar-refractivity contribution in [3.63, 3.8) is 0 Å².